The Hall–Kier alpha value is -1.35. The average Bonchev–Trinajstić information content (AvgIpc) is 2.33. The van der Waals surface area contributed by atoms with Crippen molar-refractivity contribution in [2.75, 3.05) is 13.1 Å². The van der Waals surface area contributed by atoms with Gasteiger partial charge in [0.2, 0.25) is 5.91 Å². The molecule has 0 bridgehead atoms. The molecule has 0 spiro atoms. The van der Waals surface area contributed by atoms with E-state index in [1.165, 1.54) is 0 Å². The summed E-state index contributed by atoms with van der Waals surface area (Å²) in [6.07, 6.45) is 0.541. The molecule has 0 fully saturated rings. The molecule has 17 heavy (non-hydrogen) atoms. The molecule has 0 atom stereocenters. The second-order valence-corrected chi connectivity index (χ2v) is 4.61. The molecule has 0 saturated carbocycles. The summed E-state index contributed by atoms with van der Waals surface area (Å²) in [4.78, 5) is 11.5. The standard InChI is InChI=1S/C14H22N2O/c1-12(2)10-15-9-8-14(17)16-11-13-6-4-3-5-7-13/h3-7,12,15H,8-11H2,1-2H3,(H,16,17). The van der Waals surface area contributed by atoms with E-state index >= 15 is 0 Å². The van der Waals surface area contributed by atoms with Crippen LogP contribution < -0.4 is 10.6 Å². The van der Waals surface area contributed by atoms with Crippen molar-refractivity contribution < 1.29 is 4.79 Å². The van der Waals surface area contributed by atoms with Gasteiger partial charge in [0.1, 0.15) is 0 Å². The van der Waals surface area contributed by atoms with Crippen LogP contribution in [0.25, 0.3) is 0 Å². The zero-order chi connectivity index (χ0) is 12.5. The van der Waals surface area contributed by atoms with Crippen molar-refractivity contribution in [3.63, 3.8) is 0 Å². The molecule has 0 heterocycles. The third-order valence-electron chi connectivity index (χ3n) is 2.41. The number of carbonyl (C=O) groups excluding carboxylic acids is 1. The summed E-state index contributed by atoms with van der Waals surface area (Å²) in [5.74, 6) is 0.729. The molecule has 0 aromatic heterocycles. The SMILES string of the molecule is CC(C)CNCCC(=O)NCc1ccccc1. The molecule has 2 N–H and O–H groups in total. The first-order chi connectivity index (χ1) is 8.18. The molecule has 3 nitrogen and oxygen atoms in total. The third kappa shape index (κ3) is 6.74. The van der Waals surface area contributed by atoms with Crippen molar-refractivity contribution in [3.8, 4) is 0 Å². The maximum atomic E-state index is 11.5. The van der Waals surface area contributed by atoms with Gasteiger partial charge in [-0.1, -0.05) is 44.2 Å². The number of amides is 1. The van der Waals surface area contributed by atoms with E-state index in [-0.39, 0.29) is 5.91 Å². The molecule has 94 valence electrons. The number of carbonyl (C=O) groups is 1. The van der Waals surface area contributed by atoms with Gasteiger partial charge in [-0.3, -0.25) is 4.79 Å². The first-order valence-electron chi connectivity index (χ1n) is 6.20. The summed E-state index contributed by atoms with van der Waals surface area (Å²) in [6.45, 7) is 6.64. The Morgan fingerprint density at radius 3 is 2.59 bits per heavy atom. The monoisotopic (exact) mass is 234 g/mol. The molecular weight excluding hydrogens is 212 g/mol. The van der Waals surface area contributed by atoms with Gasteiger partial charge < -0.3 is 10.6 Å². The van der Waals surface area contributed by atoms with Crippen LogP contribution >= 0.6 is 0 Å². The molecule has 0 aliphatic heterocycles. The lowest BCUT2D eigenvalue weighted by Crippen LogP contribution is -2.28. The van der Waals surface area contributed by atoms with E-state index < -0.39 is 0 Å². The Kier molecular flexibility index (Phi) is 6.33. The summed E-state index contributed by atoms with van der Waals surface area (Å²) >= 11 is 0. The lowest BCUT2D eigenvalue weighted by atomic mass is 10.2. The predicted octanol–water partition coefficient (Wildman–Crippen LogP) is 1.94. The molecule has 0 saturated heterocycles. The second-order valence-electron chi connectivity index (χ2n) is 4.61. The van der Waals surface area contributed by atoms with Gasteiger partial charge in [-0.2, -0.15) is 0 Å². The Morgan fingerprint density at radius 2 is 1.94 bits per heavy atom. The molecule has 1 rings (SSSR count). The van der Waals surface area contributed by atoms with E-state index in [1.807, 2.05) is 30.3 Å². The van der Waals surface area contributed by atoms with Gasteiger partial charge >= 0.3 is 0 Å². The quantitative estimate of drug-likeness (QED) is 0.708. The molecule has 0 aliphatic rings. The lowest BCUT2D eigenvalue weighted by Gasteiger charge is -2.08. The Balaban J connectivity index is 2.09. The Labute approximate surface area is 104 Å². The molecule has 0 aliphatic carbocycles. The van der Waals surface area contributed by atoms with Crippen LogP contribution in [-0.2, 0) is 11.3 Å². The molecule has 1 amide bonds. The van der Waals surface area contributed by atoms with Crippen molar-refractivity contribution in [3.05, 3.63) is 35.9 Å². The van der Waals surface area contributed by atoms with Crippen molar-refractivity contribution >= 4 is 5.91 Å². The molecule has 0 unspecified atom stereocenters. The van der Waals surface area contributed by atoms with Gasteiger partial charge in [-0.25, -0.2) is 0 Å². The minimum absolute atomic E-state index is 0.102. The summed E-state index contributed by atoms with van der Waals surface area (Å²) in [7, 11) is 0. The van der Waals surface area contributed by atoms with E-state index in [2.05, 4.69) is 24.5 Å². The smallest absolute Gasteiger partial charge is 0.221 e. The second kappa shape index (κ2) is 7.85. The fourth-order valence-electron chi connectivity index (χ4n) is 1.48. The van der Waals surface area contributed by atoms with Gasteiger partial charge in [0.25, 0.3) is 0 Å². The predicted molar refractivity (Wildman–Crippen MR) is 70.6 cm³/mol. The van der Waals surface area contributed by atoms with Crippen LogP contribution in [0.1, 0.15) is 25.8 Å². The van der Waals surface area contributed by atoms with Crippen LogP contribution in [0.5, 0.6) is 0 Å². The van der Waals surface area contributed by atoms with E-state index in [0.717, 1.165) is 18.7 Å². The van der Waals surface area contributed by atoms with Gasteiger partial charge in [0, 0.05) is 19.5 Å². The van der Waals surface area contributed by atoms with Crippen molar-refractivity contribution in [2.45, 2.75) is 26.8 Å². The summed E-state index contributed by atoms with van der Waals surface area (Å²) < 4.78 is 0. The summed E-state index contributed by atoms with van der Waals surface area (Å²) in [5.41, 5.74) is 1.14. The van der Waals surface area contributed by atoms with Crippen LogP contribution in [0, 0.1) is 5.92 Å². The Bertz CT molecular complexity index is 322. The van der Waals surface area contributed by atoms with Crippen LogP contribution in [0.2, 0.25) is 0 Å². The highest BCUT2D eigenvalue weighted by Gasteiger charge is 2.01. The number of nitrogens with one attached hydrogen (secondary N) is 2. The van der Waals surface area contributed by atoms with E-state index in [1.54, 1.807) is 0 Å². The van der Waals surface area contributed by atoms with Gasteiger partial charge in [-0.15, -0.1) is 0 Å². The van der Waals surface area contributed by atoms with E-state index in [4.69, 9.17) is 0 Å². The maximum absolute atomic E-state index is 11.5. The first kappa shape index (κ1) is 13.7. The normalized spacial score (nSPS) is 10.5. The zero-order valence-corrected chi connectivity index (χ0v) is 10.7. The summed E-state index contributed by atoms with van der Waals surface area (Å²) in [5, 5.41) is 6.16. The van der Waals surface area contributed by atoms with Crippen LogP contribution in [-0.4, -0.2) is 19.0 Å². The molecule has 3 heteroatoms. The highest BCUT2D eigenvalue weighted by Crippen LogP contribution is 1.97. The molecule has 1 aromatic rings. The first-order valence-corrected chi connectivity index (χ1v) is 6.20. The number of hydrogen-bond acceptors (Lipinski definition) is 2. The van der Waals surface area contributed by atoms with Crippen molar-refractivity contribution in [1.29, 1.82) is 0 Å². The van der Waals surface area contributed by atoms with Crippen LogP contribution in [0.4, 0.5) is 0 Å². The highest BCUT2D eigenvalue weighted by atomic mass is 16.1. The van der Waals surface area contributed by atoms with E-state index in [0.29, 0.717) is 18.9 Å². The number of rotatable bonds is 7. The molecular formula is C14H22N2O. The maximum Gasteiger partial charge on any atom is 0.221 e. The van der Waals surface area contributed by atoms with Crippen molar-refractivity contribution in [2.24, 2.45) is 5.92 Å². The number of hydrogen-bond donors (Lipinski definition) is 2. The largest absolute Gasteiger partial charge is 0.352 e. The summed E-state index contributed by atoms with van der Waals surface area (Å²) in [6, 6.07) is 9.95. The highest BCUT2D eigenvalue weighted by molar-refractivity contribution is 5.76. The zero-order valence-electron chi connectivity index (χ0n) is 10.7. The fourth-order valence-corrected chi connectivity index (χ4v) is 1.48. The van der Waals surface area contributed by atoms with Gasteiger partial charge in [0.15, 0.2) is 0 Å². The molecule has 1 aromatic carbocycles. The third-order valence-corrected chi connectivity index (χ3v) is 2.41. The fraction of sp³-hybridized carbons (Fsp3) is 0.500. The van der Waals surface area contributed by atoms with Crippen LogP contribution in [0.3, 0.4) is 0 Å². The van der Waals surface area contributed by atoms with E-state index in [9.17, 15) is 4.79 Å². The minimum atomic E-state index is 0.102. The topological polar surface area (TPSA) is 41.1 Å². The number of benzene rings is 1. The van der Waals surface area contributed by atoms with Crippen molar-refractivity contribution in [1.82, 2.24) is 10.6 Å². The van der Waals surface area contributed by atoms with Crippen LogP contribution in [0.15, 0.2) is 30.3 Å². The lowest BCUT2D eigenvalue weighted by molar-refractivity contribution is -0.121. The van der Waals surface area contributed by atoms with Gasteiger partial charge in [-0.05, 0) is 18.0 Å². The molecule has 0 radical (unpaired) electrons. The Morgan fingerprint density at radius 1 is 1.24 bits per heavy atom. The minimum Gasteiger partial charge on any atom is -0.352 e. The van der Waals surface area contributed by atoms with Gasteiger partial charge in [0.05, 0.1) is 0 Å². The average molecular weight is 234 g/mol.